The Morgan fingerprint density at radius 2 is 1.97 bits per heavy atom. The highest BCUT2D eigenvalue weighted by molar-refractivity contribution is 8.26. The van der Waals surface area contributed by atoms with Gasteiger partial charge >= 0.3 is 0 Å². The minimum absolute atomic E-state index is 0.189. The molecule has 2 saturated heterocycles. The number of nitrogens with zero attached hydrogens (tertiary/aromatic N) is 4. The summed E-state index contributed by atoms with van der Waals surface area (Å²) < 4.78 is 7.39. The summed E-state index contributed by atoms with van der Waals surface area (Å²) in [6.45, 7) is 8.30. The molecule has 34 heavy (non-hydrogen) atoms. The number of aromatic nitrogens is 2. The summed E-state index contributed by atoms with van der Waals surface area (Å²) in [6.07, 6.45) is 6.11. The molecule has 0 bridgehead atoms. The van der Waals surface area contributed by atoms with Crippen LogP contribution in [0.2, 0.25) is 0 Å². The first-order valence-corrected chi connectivity index (χ1v) is 12.6. The van der Waals surface area contributed by atoms with Crippen LogP contribution in [0.1, 0.15) is 37.2 Å². The number of furan rings is 1. The molecule has 2 aliphatic heterocycles. The molecule has 3 aromatic rings. The van der Waals surface area contributed by atoms with Gasteiger partial charge in [-0.25, -0.2) is 4.98 Å². The molecule has 1 amide bonds. The van der Waals surface area contributed by atoms with Gasteiger partial charge in [0.1, 0.15) is 21.5 Å². The second kappa shape index (κ2) is 9.03. The summed E-state index contributed by atoms with van der Waals surface area (Å²) in [5.41, 5.74) is 1.79. The van der Waals surface area contributed by atoms with Crippen LogP contribution >= 0.6 is 24.0 Å². The van der Waals surface area contributed by atoms with Crippen LogP contribution in [0.3, 0.4) is 0 Å². The molecule has 2 unspecified atom stereocenters. The fraction of sp³-hybridized carbons (Fsp3) is 0.360. The maximum absolute atomic E-state index is 13.7. The number of carbonyl (C=O) groups excluding carboxylic acids is 1. The maximum Gasteiger partial charge on any atom is 0.267 e. The highest BCUT2D eigenvalue weighted by Crippen LogP contribution is 2.35. The van der Waals surface area contributed by atoms with Gasteiger partial charge in [0.25, 0.3) is 11.5 Å². The highest BCUT2D eigenvalue weighted by Gasteiger charge is 2.34. The van der Waals surface area contributed by atoms with E-state index >= 15 is 0 Å². The van der Waals surface area contributed by atoms with Crippen molar-refractivity contribution >= 4 is 51.7 Å². The molecule has 176 valence electrons. The molecular weight excluding hydrogens is 468 g/mol. The molecule has 0 radical (unpaired) electrons. The van der Waals surface area contributed by atoms with E-state index in [1.165, 1.54) is 16.7 Å². The van der Waals surface area contributed by atoms with Gasteiger partial charge in [0.05, 0.1) is 23.3 Å². The number of fused-ring (bicyclic) bond motifs is 1. The zero-order chi connectivity index (χ0) is 24.0. The molecule has 3 aromatic heterocycles. The van der Waals surface area contributed by atoms with Crippen molar-refractivity contribution in [3.8, 4) is 0 Å². The number of aryl methyl sites for hydroxylation is 1. The zero-order valence-electron chi connectivity index (χ0n) is 19.4. The lowest BCUT2D eigenvalue weighted by Gasteiger charge is -2.36. The number of amides is 1. The lowest BCUT2D eigenvalue weighted by Crippen LogP contribution is -2.40. The van der Waals surface area contributed by atoms with Gasteiger partial charge in [-0.15, -0.1) is 0 Å². The van der Waals surface area contributed by atoms with E-state index in [4.69, 9.17) is 21.6 Å². The van der Waals surface area contributed by atoms with Gasteiger partial charge in [0.2, 0.25) is 0 Å². The largest absolute Gasteiger partial charge is 0.467 e. The second-order valence-electron chi connectivity index (χ2n) is 9.24. The van der Waals surface area contributed by atoms with Crippen molar-refractivity contribution in [3.63, 3.8) is 0 Å². The number of anilines is 1. The van der Waals surface area contributed by atoms with Gasteiger partial charge in [0.15, 0.2) is 0 Å². The van der Waals surface area contributed by atoms with E-state index in [0.29, 0.717) is 43.9 Å². The summed E-state index contributed by atoms with van der Waals surface area (Å²) in [4.78, 5) is 36.0. The third-order valence-corrected chi connectivity index (χ3v) is 7.65. The average Bonchev–Trinajstić information content (AvgIpc) is 3.39. The zero-order valence-corrected chi connectivity index (χ0v) is 21.0. The molecule has 0 aliphatic carbocycles. The quantitative estimate of drug-likeness (QED) is 0.391. The van der Waals surface area contributed by atoms with Crippen molar-refractivity contribution < 1.29 is 9.21 Å². The summed E-state index contributed by atoms with van der Waals surface area (Å²) in [5, 5.41) is 0. The molecular formula is C25H26N4O3S2. The molecule has 9 heteroatoms. The van der Waals surface area contributed by atoms with Crippen LogP contribution < -0.4 is 10.5 Å². The SMILES string of the molecule is Cc1cccn2c(=O)c(/C=C3/SC(=S)N(Cc4ccco4)C3=O)c(N3CC(C)CC(C)C3)nc12. The average molecular weight is 495 g/mol. The van der Waals surface area contributed by atoms with Crippen molar-refractivity contribution in [1.29, 1.82) is 0 Å². The van der Waals surface area contributed by atoms with E-state index in [2.05, 4.69) is 18.7 Å². The third kappa shape index (κ3) is 4.18. The first-order valence-electron chi connectivity index (χ1n) is 11.4. The number of rotatable bonds is 4. The van der Waals surface area contributed by atoms with Crippen LogP contribution in [0, 0.1) is 18.8 Å². The predicted molar refractivity (Wildman–Crippen MR) is 139 cm³/mol. The smallest absolute Gasteiger partial charge is 0.267 e. The van der Waals surface area contributed by atoms with E-state index in [1.54, 1.807) is 35.1 Å². The first-order chi connectivity index (χ1) is 16.3. The number of thiocarbonyl (C=S) groups is 1. The molecule has 2 fully saturated rings. The lowest BCUT2D eigenvalue weighted by atomic mass is 9.91. The van der Waals surface area contributed by atoms with Crippen molar-refractivity contribution in [2.24, 2.45) is 11.8 Å². The fourth-order valence-corrected chi connectivity index (χ4v) is 6.07. The Bertz CT molecular complexity index is 1350. The van der Waals surface area contributed by atoms with Crippen LogP contribution in [0.25, 0.3) is 11.7 Å². The standard InChI is InChI=1S/C25H26N4O3S2/c1-15-10-16(2)13-27(12-15)22-19(23(30)28-8-4-6-17(3)21(28)26-22)11-20-24(31)29(25(33)34-20)14-18-7-5-9-32-18/h4-9,11,15-16H,10,12-14H2,1-3H3/b20-11+. The summed E-state index contributed by atoms with van der Waals surface area (Å²) in [5.74, 6) is 2.03. The van der Waals surface area contributed by atoms with Crippen LogP contribution in [-0.2, 0) is 11.3 Å². The van der Waals surface area contributed by atoms with Gasteiger partial charge in [-0.2, -0.15) is 0 Å². The Morgan fingerprint density at radius 3 is 2.68 bits per heavy atom. The van der Waals surface area contributed by atoms with E-state index in [9.17, 15) is 9.59 Å². The summed E-state index contributed by atoms with van der Waals surface area (Å²) in [7, 11) is 0. The molecule has 2 atom stereocenters. The summed E-state index contributed by atoms with van der Waals surface area (Å²) in [6, 6.07) is 7.37. The molecule has 0 spiro atoms. The highest BCUT2D eigenvalue weighted by atomic mass is 32.2. The fourth-order valence-electron chi connectivity index (χ4n) is 4.83. The van der Waals surface area contributed by atoms with E-state index in [0.717, 1.165) is 25.1 Å². The van der Waals surface area contributed by atoms with Gasteiger partial charge in [-0.05, 0) is 55.0 Å². The molecule has 5 heterocycles. The van der Waals surface area contributed by atoms with Gasteiger partial charge in [0, 0.05) is 19.3 Å². The van der Waals surface area contributed by atoms with Gasteiger partial charge in [-0.1, -0.05) is 43.9 Å². The van der Waals surface area contributed by atoms with Crippen LogP contribution in [-0.4, -0.2) is 37.6 Å². The third-order valence-electron chi connectivity index (χ3n) is 6.28. The van der Waals surface area contributed by atoms with Gasteiger partial charge in [-0.3, -0.25) is 18.9 Å². The molecule has 5 rings (SSSR count). The Hall–Kier alpha value is -2.91. The molecule has 7 nitrogen and oxygen atoms in total. The summed E-state index contributed by atoms with van der Waals surface area (Å²) >= 11 is 6.68. The monoisotopic (exact) mass is 494 g/mol. The van der Waals surface area contributed by atoms with E-state index in [-0.39, 0.29) is 18.0 Å². The Balaban J connectivity index is 1.61. The Labute approximate surface area is 207 Å². The van der Waals surface area contributed by atoms with Gasteiger partial charge < -0.3 is 9.32 Å². The number of hydrogen-bond donors (Lipinski definition) is 0. The lowest BCUT2D eigenvalue weighted by molar-refractivity contribution is -0.122. The van der Waals surface area contributed by atoms with E-state index < -0.39 is 0 Å². The normalized spacial score (nSPS) is 22.4. The van der Waals surface area contributed by atoms with Crippen molar-refractivity contribution in [3.05, 3.63) is 68.9 Å². The van der Waals surface area contributed by atoms with Crippen molar-refractivity contribution in [2.45, 2.75) is 33.7 Å². The Morgan fingerprint density at radius 1 is 1.21 bits per heavy atom. The van der Waals surface area contributed by atoms with Crippen LogP contribution in [0.5, 0.6) is 0 Å². The second-order valence-corrected chi connectivity index (χ2v) is 10.9. The van der Waals surface area contributed by atoms with Crippen LogP contribution in [0.4, 0.5) is 5.82 Å². The number of carbonyl (C=O) groups is 1. The molecule has 0 aromatic carbocycles. The number of pyridine rings is 1. The van der Waals surface area contributed by atoms with Crippen molar-refractivity contribution in [2.75, 3.05) is 18.0 Å². The van der Waals surface area contributed by atoms with Crippen LogP contribution in [0.15, 0.2) is 50.8 Å². The van der Waals surface area contributed by atoms with E-state index in [1.807, 2.05) is 19.1 Å². The van der Waals surface area contributed by atoms with Crippen molar-refractivity contribution in [1.82, 2.24) is 14.3 Å². The Kier molecular flexibility index (Phi) is 6.07. The number of hydrogen-bond acceptors (Lipinski definition) is 7. The minimum Gasteiger partial charge on any atom is -0.467 e. The molecule has 0 saturated carbocycles. The predicted octanol–water partition coefficient (Wildman–Crippen LogP) is 4.48. The number of thioether (sulfide) groups is 1. The maximum atomic E-state index is 13.7. The molecule has 0 N–H and O–H groups in total. The minimum atomic E-state index is -0.230. The molecule has 2 aliphatic rings. The number of piperidine rings is 1. The topological polar surface area (TPSA) is 71.1 Å². The first kappa shape index (κ1) is 22.9.